The Morgan fingerprint density at radius 1 is 1.04 bits per heavy atom. The summed E-state index contributed by atoms with van der Waals surface area (Å²) in [7, 11) is 0. The molecule has 0 radical (unpaired) electrons. The zero-order valence-corrected chi connectivity index (χ0v) is 15.0. The van der Waals surface area contributed by atoms with E-state index in [4.69, 9.17) is 4.98 Å². The summed E-state index contributed by atoms with van der Waals surface area (Å²) < 4.78 is 1.87. The molecular weight excluding hydrogens is 338 g/mol. The Labute approximate surface area is 156 Å². The normalized spacial score (nSPS) is 25.3. The lowest BCUT2D eigenvalue weighted by molar-refractivity contribution is 0.340. The molecule has 3 aromatic heterocycles. The van der Waals surface area contributed by atoms with E-state index in [0.29, 0.717) is 17.7 Å². The molecule has 7 heteroatoms. The third-order valence-corrected chi connectivity index (χ3v) is 6.24. The Hall–Kier alpha value is -2.96. The molecule has 3 atom stereocenters. The zero-order valence-electron chi connectivity index (χ0n) is 15.0. The van der Waals surface area contributed by atoms with Crippen LogP contribution in [0.2, 0.25) is 0 Å². The molecule has 1 saturated heterocycles. The lowest BCUT2D eigenvalue weighted by Crippen LogP contribution is -2.37. The molecule has 1 N–H and O–H groups in total. The highest BCUT2D eigenvalue weighted by molar-refractivity contribution is 5.75. The quantitative estimate of drug-likeness (QED) is 0.593. The minimum atomic E-state index is 0.223. The number of hydrogen-bond donors (Lipinski definition) is 1. The van der Waals surface area contributed by atoms with Crippen LogP contribution in [0.4, 0.5) is 5.82 Å². The molecule has 0 bridgehead atoms. The van der Waals surface area contributed by atoms with Gasteiger partial charge in [0.1, 0.15) is 18.0 Å². The summed E-state index contributed by atoms with van der Waals surface area (Å²) in [6, 6.07) is 11.1. The first-order chi connectivity index (χ1) is 13.4. The fourth-order valence-electron chi connectivity index (χ4n) is 5.09. The number of nitrogens with zero attached hydrogens (tertiary/aromatic N) is 6. The van der Waals surface area contributed by atoms with Crippen LogP contribution in [0.15, 0.2) is 42.9 Å². The molecule has 3 unspecified atom stereocenters. The van der Waals surface area contributed by atoms with Gasteiger partial charge in [0, 0.05) is 12.2 Å². The number of benzene rings is 1. The third-order valence-electron chi connectivity index (χ3n) is 6.24. The number of aromatic amines is 1. The van der Waals surface area contributed by atoms with Gasteiger partial charge in [-0.25, -0.2) is 9.97 Å². The number of anilines is 1. The van der Waals surface area contributed by atoms with Gasteiger partial charge in [-0.3, -0.25) is 0 Å². The van der Waals surface area contributed by atoms with Gasteiger partial charge in [-0.05, 0) is 43.4 Å². The summed E-state index contributed by atoms with van der Waals surface area (Å²) in [6.07, 6.45) is 9.68. The van der Waals surface area contributed by atoms with Crippen molar-refractivity contribution in [1.82, 2.24) is 29.5 Å². The van der Waals surface area contributed by atoms with E-state index in [1.807, 2.05) is 16.8 Å². The van der Waals surface area contributed by atoms with Crippen molar-refractivity contribution < 1.29 is 0 Å². The second kappa shape index (κ2) is 5.77. The summed E-state index contributed by atoms with van der Waals surface area (Å²) in [6.45, 7) is 0. The molecule has 1 aliphatic carbocycles. The second-order valence-electron chi connectivity index (χ2n) is 7.68. The lowest BCUT2D eigenvalue weighted by Gasteiger charge is -2.35. The number of imidazole rings is 1. The van der Waals surface area contributed by atoms with E-state index < -0.39 is 0 Å². The maximum atomic E-state index is 4.94. The minimum Gasteiger partial charge on any atom is -0.343 e. The Balaban J connectivity index is 1.51. The fourth-order valence-corrected chi connectivity index (χ4v) is 5.09. The summed E-state index contributed by atoms with van der Waals surface area (Å²) in [5, 5.41) is 4.44. The van der Waals surface area contributed by atoms with Crippen LogP contribution in [0.5, 0.6) is 0 Å². The molecule has 4 heterocycles. The Morgan fingerprint density at radius 3 is 2.93 bits per heavy atom. The second-order valence-corrected chi connectivity index (χ2v) is 7.68. The van der Waals surface area contributed by atoms with Crippen molar-refractivity contribution in [1.29, 1.82) is 0 Å². The average Bonchev–Trinajstić information content (AvgIpc) is 3.42. The third kappa shape index (κ3) is 2.27. The van der Waals surface area contributed by atoms with Gasteiger partial charge >= 0.3 is 0 Å². The van der Waals surface area contributed by atoms with Gasteiger partial charge in [0.25, 0.3) is 5.78 Å². The Bertz CT molecular complexity index is 1080. The molecule has 0 spiro atoms. The average molecular weight is 359 g/mol. The van der Waals surface area contributed by atoms with Crippen molar-refractivity contribution in [2.75, 3.05) is 4.90 Å². The van der Waals surface area contributed by atoms with E-state index in [0.717, 1.165) is 29.1 Å². The fraction of sp³-hybridized carbons (Fsp3) is 0.400. The molecule has 2 aliphatic rings. The van der Waals surface area contributed by atoms with E-state index in [2.05, 4.69) is 49.2 Å². The summed E-state index contributed by atoms with van der Waals surface area (Å²) >= 11 is 0. The summed E-state index contributed by atoms with van der Waals surface area (Å²) in [4.78, 5) is 19.7. The van der Waals surface area contributed by atoms with Crippen molar-refractivity contribution in [2.24, 2.45) is 5.92 Å². The Morgan fingerprint density at radius 2 is 1.96 bits per heavy atom. The van der Waals surface area contributed by atoms with Gasteiger partial charge in [-0.15, -0.1) is 0 Å². The Kier molecular flexibility index (Phi) is 3.23. The van der Waals surface area contributed by atoms with Crippen molar-refractivity contribution in [3.05, 3.63) is 48.7 Å². The van der Waals surface area contributed by atoms with Crippen LogP contribution in [-0.2, 0) is 0 Å². The highest BCUT2D eigenvalue weighted by Crippen LogP contribution is 2.47. The van der Waals surface area contributed by atoms with Gasteiger partial charge in [-0.1, -0.05) is 25.0 Å². The minimum absolute atomic E-state index is 0.223. The van der Waals surface area contributed by atoms with Crippen LogP contribution in [-0.4, -0.2) is 35.6 Å². The number of fused-ring (bicyclic) bond motifs is 3. The molecule has 0 amide bonds. The highest BCUT2D eigenvalue weighted by atomic mass is 15.4. The van der Waals surface area contributed by atoms with Crippen LogP contribution in [0.25, 0.3) is 16.8 Å². The van der Waals surface area contributed by atoms with Crippen LogP contribution in [0.1, 0.15) is 44.0 Å². The van der Waals surface area contributed by atoms with Gasteiger partial charge in [0.2, 0.25) is 0 Å². The lowest BCUT2D eigenvalue weighted by atomic mass is 9.84. The van der Waals surface area contributed by atoms with Crippen LogP contribution in [0, 0.1) is 5.92 Å². The molecule has 1 aromatic carbocycles. The molecule has 1 saturated carbocycles. The molecule has 2 fully saturated rings. The molecular formula is C20H21N7. The SMILES string of the molecule is c1ccc2[nH]c(C3CC4CCCCC4N3c3ccnc4ncnn34)nc2c1. The van der Waals surface area contributed by atoms with Crippen LogP contribution >= 0.6 is 0 Å². The first-order valence-electron chi connectivity index (χ1n) is 9.76. The standard InChI is InChI=1S/C20H21N7/c1-4-8-16-13(5-1)11-17(19-24-14-6-2-3-7-15(14)25-19)26(16)18-9-10-21-20-22-12-23-27(18)20/h2-3,6-7,9-10,12-13,16-17H,1,4-5,8,11H2,(H,24,25). The highest BCUT2D eigenvalue weighted by Gasteiger charge is 2.44. The largest absolute Gasteiger partial charge is 0.343 e. The van der Waals surface area contributed by atoms with E-state index in [9.17, 15) is 0 Å². The predicted molar refractivity (Wildman–Crippen MR) is 102 cm³/mol. The van der Waals surface area contributed by atoms with Crippen molar-refractivity contribution in [2.45, 2.75) is 44.2 Å². The molecule has 4 aromatic rings. The van der Waals surface area contributed by atoms with Gasteiger partial charge in [0.05, 0.1) is 17.1 Å². The van der Waals surface area contributed by atoms with Gasteiger partial charge in [0.15, 0.2) is 0 Å². The van der Waals surface area contributed by atoms with E-state index >= 15 is 0 Å². The van der Waals surface area contributed by atoms with Crippen LogP contribution < -0.4 is 4.90 Å². The number of rotatable bonds is 2. The summed E-state index contributed by atoms with van der Waals surface area (Å²) in [5.74, 6) is 3.46. The number of nitrogens with one attached hydrogen (secondary N) is 1. The number of H-pyrrole nitrogens is 1. The van der Waals surface area contributed by atoms with E-state index in [1.54, 1.807) is 6.33 Å². The molecule has 1 aliphatic heterocycles. The monoisotopic (exact) mass is 359 g/mol. The molecule has 136 valence electrons. The number of hydrogen-bond acceptors (Lipinski definition) is 5. The molecule has 6 rings (SSSR count). The topological polar surface area (TPSA) is 75.0 Å². The first-order valence-corrected chi connectivity index (χ1v) is 9.76. The predicted octanol–water partition coefficient (Wildman–Crippen LogP) is 3.51. The summed E-state index contributed by atoms with van der Waals surface area (Å²) in [5.41, 5.74) is 2.13. The zero-order chi connectivity index (χ0) is 17.8. The smallest absolute Gasteiger partial charge is 0.254 e. The first kappa shape index (κ1) is 15.1. The van der Waals surface area contributed by atoms with E-state index in [1.165, 1.54) is 25.7 Å². The maximum Gasteiger partial charge on any atom is 0.254 e. The number of aromatic nitrogens is 6. The van der Waals surface area contributed by atoms with Gasteiger partial charge < -0.3 is 9.88 Å². The van der Waals surface area contributed by atoms with Crippen molar-refractivity contribution in [3.63, 3.8) is 0 Å². The van der Waals surface area contributed by atoms with E-state index in [-0.39, 0.29) is 6.04 Å². The van der Waals surface area contributed by atoms with Crippen molar-refractivity contribution in [3.8, 4) is 0 Å². The van der Waals surface area contributed by atoms with Crippen molar-refractivity contribution >= 4 is 22.6 Å². The maximum absolute atomic E-state index is 4.94. The number of para-hydroxylation sites is 2. The molecule has 27 heavy (non-hydrogen) atoms. The van der Waals surface area contributed by atoms with Crippen LogP contribution in [0.3, 0.4) is 0 Å². The molecule has 7 nitrogen and oxygen atoms in total. The van der Waals surface area contributed by atoms with Gasteiger partial charge in [-0.2, -0.15) is 14.6 Å².